The highest BCUT2D eigenvalue weighted by molar-refractivity contribution is 5.44. The van der Waals surface area contributed by atoms with Crippen LogP contribution >= 0.6 is 0 Å². The Bertz CT molecular complexity index is 580. The lowest BCUT2D eigenvalue weighted by Crippen LogP contribution is -1.82. The van der Waals surface area contributed by atoms with Crippen molar-refractivity contribution in [2.45, 2.75) is 6.54 Å². The van der Waals surface area contributed by atoms with E-state index in [1.807, 2.05) is 0 Å². The standard InChI is InChI=1S/C14H14N2O3/c1-19-12-7-5-11(6-8-12)16-15-9-10-3-2-4-13(17)14(10)18/h2-8,17-18H,9H2,1H3. The molecule has 2 rings (SSSR count). The number of hydrogen-bond acceptors (Lipinski definition) is 5. The molecule has 5 heteroatoms. The molecule has 2 N–H and O–H groups in total. The van der Waals surface area contributed by atoms with Crippen LogP contribution in [0.3, 0.4) is 0 Å². The summed E-state index contributed by atoms with van der Waals surface area (Å²) in [5.74, 6) is 0.443. The van der Waals surface area contributed by atoms with Crippen molar-refractivity contribution in [3.05, 3.63) is 48.0 Å². The number of nitrogens with zero attached hydrogens (tertiary/aromatic N) is 2. The van der Waals surface area contributed by atoms with Crippen molar-refractivity contribution in [2.24, 2.45) is 10.2 Å². The molecular weight excluding hydrogens is 244 g/mol. The molecule has 0 aliphatic heterocycles. The third-order valence-corrected chi connectivity index (χ3v) is 2.60. The maximum Gasteiger partial charge on any atom is 0.162 e. The molecule has 0 amide bonds. The van der Waals surface area contributed by atoms with Gasteiger partial charge in [0.05, 0.1) is 19.3 Å². The summed E-state index contributed by atoms with van der Waals surface area (Å²) in [5, 5.41) is 26.9. The van der Waals surface area contributed by atoms with Crippen LogP contribution in [0, 0.1) is 0 Å². The zero-order valence-electron chi connectivity index (χ0n) is 10.4. The Morgan fingerprint density at radius 1 is 1.05 bits per heavy atom. The number of benzene rings is 2. The maximum absolute atomic E-state index is 9.59. The Labute approximate surface area is 110 Å². The smallest absolute Gasteiger partial charge is 0.162 e. The van der Waals surface area contributed by atoms with Gasteiger partial charge in [-0.15, -0.1) is 0 Å². The predicted octanol–water partition coefficient (Wildman–Crippen LogP) is 3.39. The molecule has 0 aliphatic rings. The highest BCUT2D eigenvalue weighted by atomic mass is 16.5. The van der Waals surface area contributed by atoms with Gasteiger partial charge >= 0.3 is 0 Å². The first-order valence-electron chi connectivity index (χ1n) is 5.72. The molecule has 2 aromatic carbocycles. The predicted molar refractivity (Wildman–Crippen MR) is 71.0 cm³/mol. The lowest BCUT2D eigenvalue weighted by Gasteiger charge is -2.02. The Morgan fingerprint density at radius 3 is 2.47 bits per heavy atom. The summed E-state index contributed by atoms with van der Waals surface area (Å²) < 4.78 is 5.04. The molecule has 0 atom stereocenters. The zero-order valence-corrected chi connectivity index (χ0v) is 10.4. The molecule has 0 bridgehead atoms. The molecule has 0 spiro atoms. The van der Waals surface area contributed by atoms with Crippen LogP contribution in [-0.2, 0) is 6.54 Å². The topological polar surface area (TPSA) is 74.4 Å². The normalized spacial score (nSPS) is 10.8. The second-order valence-electron chi connectivity index (χ2n) is 3.88. The van der Waals surface area contributed by atoms with E-state index in [0.29, 0.717) is 11.3 Å². The van der Waals surface area contributed by atoms with E-state index >= 15 is 0 Å². The minimum atomic E-state index is -0.156. The monoisotopic (exact) mass is 258 g/mol. The summed E-state index contributed by atoms with van der Waals surface area (Å²) in [5.41, 5.74) is 1.22. The van der Waals surface area contributed by atoms with Crippen molar-refractivity contribution >= 4 is 5.69 Å². The summed E-state index contributed by atoms with van der Waals surface area (Å²) >= 11 is 0. The molecule has 0 radical (unpaired) electrons. The van der Waals surface area contributed by atoms with Crippen molar-refractivity contribution in [1.82, 2.24) is 0 Å². The van der Waals surface area contributed by atoms with Crippen LogP contribution in [0.15, 0.2) is 52.7 Å². The van der Waals surface area contributed by atoms with Gasteiger partial charge in [-0.3, -0.25) is 0 Å². The van der Waals surface area contributed by atoms with Gasteiger partial charge in [-0.1, -0.05) is 12.1 Å². The van der Waals surface area contributed by atoms with Crippen LogP contribution in [0.5, 0.6) is 17.2 Å². The van der Waals surface area contributed by atoms with Gasteiger partial charge in [0.25, 0.3) is 0 Å². The fourth-order valence-corrected chi connectivity index (χ4v) is 1.55. The number of ether oxygens (including phenoxy) is 1. The largest absolute Gasteiger partial charge is 0.504 e. The van der Waals surface area contributed by atoms with E-state index in [-0.39, 0.29) is 18.0 Å². The quantitative estimate of drug-likeness (QED) is 0.652. The fraction of sp³-hybridized carbons (Fsp3) is 0.143. The average Bonchev–Trinajstić information content (AvgIpc) is 2.44. The summed E-state index contributed by atoms with van der Waals surface area (Å²) in [6.45, 7) is 0.201. The number of phenolic OH excluding ortho intramolecular Hbond substituents is 2. The third-order valence-electron chi connectivity index (χ3n) is 2.60. The molecule has 0 heterocycles. The first-order valence-corrected chi connectivity index (χ1v) is 5.72. The number of para-hydroxylation sites is 1. The molecule has 2 aromatic rings. The molecule has 0 aromatic heterocycles. The van der Waals surface area contributed by atoms with E-state index in [9.17, 15) is 10.2 Å². The molecule has 5 nitrogen and oxygen atoms in total. The van der Waals surface area contributed by atoms with Crippen molar-refractivity contribution in [2.75, 3.05) is 7.11 Å². The number of rotatable bonds is 4. The first kappa shape index (κ1) is 12.9. The van der Waals surface area contributed by atoms with Gasteiger partial charge in [-0.2, -0.15) is 10.2 Å². The molecule has 0 saturated heterocycles. The Hall–Kier alpha value is -2.56. The van der Waals surface area contributed by atoms with E-state index in [0.717, 1.165) is 5.75 Å². The van der Waals surface area contributed by atoms with Crippen LogP contribution in [0.4, 0.5) is 5.69 Å². The zero-order chi connectivity index (χ0) is 13.7. The lowest BCUT2D eigenvalue weighted by atomic mass is 10.2. The Balaban J connectivity index is 2.04. The summed E-state index contributed by atoms with van der Waals surface area (Å²) in [6, 6.07) is 11.9. The summed E-state index contributed by atoms with van der Waals surface area (Å²) in [7, 11) is 1.60. The van der Waals surface area contributed by atoms with Crippen LogP contribution in [0.1, 0.15) is 5.56 Å². The van der Waals surface area contributed by atoms with Crippen LogP contribution in [-0.4, -0.2) is 17.3 Å². The fourth-order valence-electron chi connectivity index (χ4n) is 1.55. The van der Waals surface area contributed by atoms with E-state index in [4.69, 9.17) is 4.74 Å². The molecular formula is C14H14N2O3. The van der Waals surface area contributed by atoms with Crippen LogP contribution in [0.2, 0.25) is 0 Å². The van der Waals surface area contributed by atoms with Crippen LogP contribution < -0.4 is 4.74 Å². The molecule has 0 aliphatic carbocycles. The molecule has 0 unspecified atom stereocenters. The average molecular weight is 258 g/mol. The van der Waals surface area contributed by atoms with Crippen LogP contribution in [0.25, 0.3) is 0 Å². The molecule has 98 valence electrons. The van der Waals surface area contributed by atoms with Crippen molar-refractivity contribution < 1.29 is 14.9 Å². The van der Waals surface area contributed by atoms with Gasteiger partial charge in [-0.05, 0) is 30.3 Å². The van der Waals surface area contributed by atoms with Gasteiger partial charge in [0.15, 0.2) is 11.5 Å². The number of methoxy groups -OCH3 is 1. The van der Waals surface area contributed by atoms with E-state index in [2.05, 4.69) is 10.2 Å². The van der Waals surface area contributed by atoms with E-state index < -0.39 is 0 Å². The third kappa shape index (κ3) is 3.22. The number of aromatic hydroxyl groups is 2. The minimum absolute atomic E-state index is 0.155. The van der Waals surface area contributed by atoms with Crippen molar-refractivity contribution in [3.63, 3.8) is 0 Å². The van der Waals surface area contributed by atoms with E-state index in [1.165, 1.54) is 6.07 Å². The van der Waals surface area contributed by atoms with Crippen molar-refractivity contribution in [3.8, 4) is 17.2 Å². The number of azo groups is 1. The molecule has 19 heavy (non-hydrogen) atoms. The lowest BCUT2D eigenvalue weighted by molar-refractivity contribution is 0.399. The Morgan fingerprint density at radius 2 is 1.79 bits per heavy atom. The van der Waals surface area contributed by atoms with Gasteiger partial charge in [0.1, 0.15) is 5.75 Å². The molecule has 0 saturated carbocycles. The number of hydrogen-bond donors (Lipinski definition) is 2. The summed E-state index contributed by atoms with van der Waals surface area (Å²) in [4.78, 5) is 0. The minimum Gasteiger partial charge on any atom is -0.504 e. The maximum atomic E-state index is 9.59. The highest BCUT2D eigenvalue weighted by Crippen LogP contribution is 2.29. The highest BCUT2D eigenvalue weighted by Gasteiger charge is 2.04. The molecule has 0 fully saturated rings. The first-order chi connectivity index (χ1) is 9.20. The van der Waals surface area contributed by atoms with Crippen molar-refractivity contribution in [1.29, 1.82) is 0 Å². The number of phenols is 2. The van der Waals surface area contributed by atoms with Gasteiger partial charge in [0.2, 0.25) is 0 Å². The summed E-state index contributed by atoms with van der Waals surface area (Å²) in [6.07, 6.45) is 0. The Kier molecular flexibility index (Phi) is 3.97. The van der Waals surface area contributed by atoms with Gasteiger partial charge in [-0.25, -0.2) is 0 Å². The SMILES string of the molecule is COc1ccc(N=NCc2cccc(O)c2O)cc1. The van der Waals surface area contributed by atoms with Gasteiger partial charge < -0.3 is 14.9 Å². The van der Waals surface area contributed by atoms with E-state index in [1.54, 1.807) is 43.5 Å². The second-order valence-corrected chi connectivity index (χ2v) is 3.88. The second kappa shape index (κ2) is 5.86. The van der Waals surface area contributed by atoms with Gasteiger partial charge in [0, 0.05) is 5.56 Å².